The fourth-order valence-electron chi connectivity index (χ4n) is 2.39. The van der Waals surface area contributed by atoms with Gasteiger partial charge in [0.1, 0.15) is 17.3 Å². The van der Waals surface area contributed by atoms with Gasteiger partial charge in [-0.15, -0.1) is 0 Å². The van der Waals surface area contributed by atoms with Crippen molar-refractivity contribution in [3.63, 3.8) is 0 Å². The van der Waals surface area contributed by atoms with Crippen LogP contribution in [-0.2, 0) is 0 Å². The number of hydrogen-bond acceptors (Lipinski definition) is 4. The topological polar surface area (TPSA) is 73.6 Å². The maximum Gasteiger partial charge on any atom is 0.356 e. The molecule has 0 radical (unpaired) electrons. The minimum Gasteiger partial charge on any atom is -0.497 e. The number of imidazole rings is 1. The Hall–Kier alpha value is -3.28. The maximum atomic E-state index is 11.3. The van der Waals surface area contributed by atoms with Crippen molar-refractivity contribution < 1.29 is 19.4 Å². The highest BCUT2D eigenvalue weighted by molar-refractivity contribution is 5.86. The molecule has 1 aromatic heterocycles. The Balaban J connectivity index is 2.14. The summed E-state index contributed by atoms with van der Waals surface area (Å²) in [5.41, 5.74) is 1.52. The molecule has 1 heterocycles. The molecule has 0 saturated heterocycles. The molecule has 6 nitrogen and oxygen atoms in total. The number of hydrogen-bond donors (Lipinski definition) is 1. The van der Waals surface area contributed by atoms with Crippen molar-refractivity contribution in [2.24, 2.45) is 0 Å². The molecule has 0 fully saturated rings. The van der Waals surface area contributed by atoms with E-state index in [1.807, 2.05) is 48.5 Å². The van der Waals surface area contributed by atoms with E-state index in [0.29, 0.717) is 11.6 Å². The van der Waals surface area contributed by atoms with Crippen LogP contribution in [0.2, 0.25) is 0 Å². The van der Waals surface area contributed by atoms with Crippen molar-refractivity contribution in [1.29, 1.82) is 0 Å². The Morgan fingerprint density at radius 2 is 1.75 bits per heavy atom. The van der Waals surface area contributed by atoms with Crippen LogP contribution in [0.4, 0.5) is 0 Å². The third kappa shape index (κ3) is 2.94. The molecule has 3 rings (SSSR count). The lowest BCUT2D eigenvalue weighted by Gasteiger charge is -2.09. The molecule has 0 aliphatic rings. The van der Waals surface area contributed by atoms with E-state index >= 15 is 0 Å². The van der Waals surface area contributed by atoms with Crippen LogP contribution < -0.4 is 9.47 Å². The molecule has 0 atom stereocenters. The minimum absolute atomic E-state index is 0.0244. The van der Waals surface area contributed by atoms with Gasteiger partial charge in [0.05, 0.1) is 14.2 Å². The monoisotopic (exact) mass is 324 g/mol. The quantitative estimate of drug-likeness (QED) is 0.780. The van der Waals surface area contributed by atoms with Crippen molar-refractivity contribution in [3.8, 4) is 28.6 Å². The average Bonchev–Trinajstić information content (AvgIpc) is 3.07. The zero-order valence-electron chi connectivity index (χ0n) is 13.3. The van der Waals surface area contributed by atoms with E-state index in [-0.39, 0.29) is 5.69 Å². The zero-order chi connectivity index (χ0) is 17.1. The highest BCUT2D eigenvalue weighted by atomic mass is 16.5. The molecule has 6 heteroatoms. The molecule has 0 aliphatic heterocycles. The molecule has 24 heavy (non-hydrogen) atoms. The zero-order valence-corrected chi connectivity index (χ0v) is 13.3. The summed E-state index contributed by atoms with van der Waals surface area (Å²) < 4.78 is 12.1. The van der Waals surface area contributed by atoms with Crippen LogP contribution in [0.5, 0.6) is 11.5 Å². The Labute approximate surface area is 138 Å². The van der Waals surface area contributed by atoms with E-state index in [1.54, 1.807) is 18.8 Å². The minimum atomic E-state index is -1.08. The first kappa shape index (κ1) is 15.6. The summed E-state index contributed by atoms with van der Waals surface area (Å²) in [4.78, 5) is 15.6. The van der Waals surface area contributed by atoms with E-state index in [2.05, 4.69) is 4.98 Å². The summed E-state index contributed by atoms with van der Waals surface area (Å²) in [6.07, 6.45) is 1.50. The van der Waals surface area contributed by atoms with Gasteiger partial charge in [-0.1, -0.05) is 12.1 Å². The summed E-state index contributed by atoms with van der Waals surface area (Å²) >= 11 is 0. The summed E-state index contributed by atoms with van der Waals surface area (Å²) in [7, 11) is 3.17. The molecule has 1 N–H and O–H groups in total. The van der Waals surface area contributed by atoms with Gasteiger partial charge >= 0.3 is 5.97 Å². The van der Waals surface area contributed by atoms with Crippen LogP contribution in [0.1, 0.15) is 10.5 Å². The van der Waals surface area contributed by atoms with Crippen molar-refractivity contribution in [2.75, 3.05) is 14.2 Å². The Morgan fingerprint density at radius 1 is 1.04 bits per heavy atom. The third-order valence-corrected chi connectivity index (χ3v) is 3.60. The molecular weight excluding hydrogens is 308 g/mol. The number of benzene rings is 2. The average molecular weight is 324 g/mol. The van der Waals surface area contributed by atoms with Gasteiger partial charge in [0.15, 0.2) is 5.69 Å². The van der Waals surface area contributed by atoms with Crippen LogP contribution >= 0.6 is 0 Å². The van der Waals surface area contributed by atoms with Crippen LogP contribution in [0.3, 0.4) is 0 Å². The van der Waals surface area contributed by atoms with Gasteiger partial charge in [-0.3, -0.25) is 4.57 Å². The number of aromatic carboxylic acids is 1. The molecule has 122 valence electrons. The molecule has 0 spiro atoms. The van der Waals surface area contributed by atoms with E-state index < -0.39 is 5.97 Å². The van der Waals surface area contributed by atoms with Crippen molar-refractivity contribution in [3.05, 3.63) is 60.4 Å². The van der Waals surface area contributed by atoms with Crippen LogP contribution in [0.15, 0.2) is 54.7 Å². The molecule has 0 amide bonds. The van der Waals surface area contributed by atoms with Gasteiger partial charge < -0.3 is 14.6 Å². The highest BCUT2D eigenvalue weighted by Gasteiger charge is 2.16. The Bertz CT molecular complexity index is 869. The lowest BCUT2D eigenvalue weighted by atomic mass is 10.2. The molecule has 3 aromatic rings. The fraction of sp³-hybridized carbons (Fsp3) is 0.111. The molecule has 0 bridgehead atoms. The van der Waals surface area contributed by atoms with E-state index in [4.69, 9.17) is 9.47 Å². The van der Waals surface area contributed by atoms with E-state index in [9.17, 15) is 9.90 Å². The summed E-state index contributed by atoms with van der Waals surface area (Å²) in [6.45, 7) is 0. The summed E-state index contributed by atoms with van der Waals surface area (Å²) in [6, 6.07) is 14.6. The number of ether oxygens (including phenoxy) is 2. The van der Waals surface area contributed by atoms with Gasteiger partial charge in [-0.05, 0) is 36.4 Å². The lowest BCUT2D eigenvalue weighted by molar-refractivity contribution is 0.0691. The van der Waals surface area contributed by atoms with E-state index in [1.165, 1.54) is 6.20 Å². The van der Waals surface area contributed by atoms with Gasteiger partial charge in [0.25, 0.3) is 0 Å². The van der Waals surface area contributed by atoms with Crippen LogP contribution in [0.25, 0.3) is 17.1 Å². The van der Waals surface area contributed by atoms with Gasteiger partial charge in [0.2, 0.25) is 0 Å². The molecule has 0 aliphatic carbocycles. The molecular formula is C18H16N2O4. The second-order valence-corrected chi connectivity index (χ2v) is 5.05. The van der Waals surface area contributed by atoms with Gasteiger partial charge in [0, 0.05) is 17.4 Å². The first-order chi connectivity index (χ1) is 11.6. The number of nitrogens with zero attached hydrogens (tertiary/aromatic N) is 2. The fourth-order valence-corrected chi connectivity index (χ4v) is 2.39. The van der Waals surface area contributed by atoms with Gasteiger partial charge in [-0.25, -0.2) is 9.78 Å². The van der Waals surface area contributed by atoms with Crippen molar-refractivity contribution in [2.45, 2.75) is 0 Å². The molecule has 2 aromatic carbocycles. The maximum absolute atomic E-state index is 11.3. The summed E-state index contributed by atoms with van der Waals surface area (Å²) in [5.74, 6) is 0.844. The second-order valence-electron chi connectivity index (χ2n) is 5.05. The smallest absolute Gasteiger partial charge is 0.356 e. The number of carboxylic acids is 1. The van der Waals surface area contributed by atoms with E-state index in [0.717, 1.165) is 17.0 Å². The predicted octanol–water partition coefficient (Wildman–Crippen LogP) is 3.25. The third-order valence-electron chi connectivity index (χ3n) is 3.60. The molecule has 0 saturated carbocycles. The highest BCUT2D eigenvalue weighted by Crippen LogP contribution is 2.27. The van der Waals surface area contributed by atoms with Crippen molar-refractivity contribution in [1.82, 2.24) is 9.55 Å². The lowest BCUT2D eigenvalue weighted by Crippen LogP contribution is -1.96. The number of methoxy groups -OCH3 is 2. The Kier molecular flexibility index (Phi) is 4.20. The van der Waals surface area contributed by atoms with Gasteiger partial charge in [-0.2, -0.15) is 0 Å². The standard InChI is InChI=1S/C18H16N2O4/c1-23-14-8-6-13(7-9-14)20-11-16(18(21)22)19-17(20)12-4-3-5-15(10-12)24-2/h3-11H,1-2H3,(H,21,22). The normalized spacial score (nSPS) is 10.4. The largest absolute Gasteiger partial charge is 0.497 e. The first-order valence-electron chi connectivity index (χ1n) is 7.24. The summed E-state index contributed by atoms with van der Waals surface area (Å²) in [5, 5.41) is 9.28. The second kappa shape index (κ2) is 6.45. The number of carbonyl (C=O) groups is 1. The predicted molar refractivity (Wildman–Crippen MR) is 89.1 cm³/mol. The number of carboxylic acid groups (broad SMARTS) is 1. The van der Waals surface area contributed by atoms with Crippen molar-refractivity contribution >= 4 is 5.97 Å². The SMILES string of the molecule is COc1ccc(-n2cc(C(=O)O)nc2-c2cccc(OC)c2)cc1. The number of aromatic nitrogens is 2. The number of rotatable bonds is 5. The Morgan fingerprint density at radius 3 is 2.38 bits per heavy atom. The first-order valence-corrected chi connectivity index (χ1v) is 7.24. The van der Waals surface area contributed by atoms with Crippen LogP contribution in [-0.4, -0.2) is 34.8 Å². The molecule has 0 unspecified atom stereocenters. The van der Waals surface area contributed by atoms with Crippen LogP contribution in [0, 0.1) is 0 Å².